The molecule has 1 aliphatic heterocycles. The number of hydrogen-bond donors (Lipinski definition) is 2. The van der Waals surface area contributed by atoms with E-state index < -0.39 is 11.6 Å². The number of rotatable bonds is 6. The maximum absolute atomic E-state index is 14.3. The fraction of sp³-hybridized carbons (Fsp3) is 0.364. The van der Waals surface area contributed by atoms with Crippen LogP contribution in [0.25, 0.3) is 10.9 Å². The standard InChI is InChI=1S/C22H23BrF2N4O2/c1-12(13-3-5-26-6-4-13)31-20-10-18-15(9-19(20)30-2)22(28-11-27-18)29-21-16(24)7-14(23)8-17(21)25/h7-13,26H,3-6H2,1-2H3,(H,27,28,29). The van der Waals surface area contributed by atoms with Crippen LogP contribution in [0.5, 0.6) is 11.5 Å². The molecule has 1 atom stereocenters. The Hall–Kier alpha value is -2.52. The van der Waals surface area contributed by atoms with E-state index >= 15 is 0 Å². The Labute approximate surface area is 187 Å². The first-order valence-corrected chi connectivity index (χ1v) is 10.9. The highest BCUT2D eigenvalue weighted by atomic mass is 79.9. The van der Waals surface area contributed by atoms with Crippen molar-refractivity contribution in [1.29, 1.82) is 0 Å². The van der Waals surface area contributed by atoms with E-state index in [0.29, 0.717) is 32.8 Å². The Morgan fingerprint density at radius 1 is 1.10 bits per heavy atom. The summed E-state index contributed by atoms with van der Waals surface area (Å²) in [5, 5.41) is 6.66. The first-order chi connectivity index (χ1) is 15.0. The van der Waals surface area contributed by atoms with Gasteiger partial charge in [0.15, 0.2) is 23.1 Å². The molecule has 2 heterocycles. The van der Waals surface area contributed by atoms with Gasteiger partial charge in [0, 0.05) is 15.9 Å². The molecule has 6 nitrogen and oxygen atoms in total. The molecular formula is C22H23BrF2N4O2. The van der Waals surface area contributed by atoms with Crippen LogP contribution in [0.4, 0.5) is 20.3 Å². The average Bonchev–Trinajstić information content (AvgIpc) is 2.76. The van der Waals surface area contributed by atoms with Gasteiger partial charge in [-0.2, -0.15) is 0 Å². The van der Waals surface area contributed by atoms with Crippen LogP contribution in [0.1, 0.15) is 19.8 Å². The molecule has 1 fully saturated rings. The highest BCUT2D eigenvalue weighted by molar-refractivity contribution is 9.10. The number of halogens is 3. The summed E-state index contributed by atoms with van der Waals surface area (Å²) in [4.78, 5) is 8.48. The van der Waals surface area contributed by atoms with Gasteiger partial charge in [0.25, 0.3) is 0 Å². The van der Waals surface area contributed by atoms with Crippen LogP contribution in [-0.4, -0.2) is 36.3 Å². The zero-order chi connectivity index (χ0) is 22.0. The smallest absolute Gasteiger partial charge is 0.163 e. The summed E-state index contributed by atoms with van der Waals surface area (Å²) in [6.07, 6.45) is 3.46. The molecular weight excluding hydrogens is 470 g/mol. The minimum absolute atomic E-state index is 0.0128. The van der Waals surface area contributed by atoms with E-state index in [1.54, 1.807) is 19.2 Å². The van der Waals surface area contributed by atoms with Crippen LogP contribution >= 0.6 is 15.9 Å². The molecule has 164 valence electrons. The van der Waals surface area contributed by atoms with Crippen molar-refractivity contribution in [2.45, 2.75) is 25.9 Å². The normalized spacial score (nSPS) is 15.6. The molecule has 0 bridgehead atoms. The quantitative estimate of drug-likeness (QED) is 0.493. The molecule has 0 saturated carbocycles. The number of benzene rings is 2. The van der Waals surface area contributed by atoms with Gasteiger partial charge >= 0.3 is 0 Å². The predicted octanol–water partition coefficient (Wildman–Crippen LogP) is 5.19. The molecule has 2 N–H and O–H groups in total. The fourth-order valence-electron chi connectivity index (χ4n) is 3.81. The highest BCUT2D eigenvalue weighted by Gasteiger charge is 2.23. The van der Waals surface area contributed by atoms with Crippen LogP contribution < -0.4 is 20.1 Å². The summed E-state index contributed by atoms with van der Waals surface area (Å²) in [7, 11) is 1.55. The zero-order valence-corrected chi connectivity index (χ0v) is 18.8. The third-order valence-corrected chi connectivity index (χ3v) is 5.99. The molecule has 9 heteroatoms. The van der Waals surface area contributed by atoms with Gasteiger partial charge in [0.2, 0.25) is 0 Å². The molecule has 1 saturated heterocycles. The Morgan fingerprint density at radius 2 is 1.81 bits per heavy atom. The lowest BCUT2D eigenvalue weighted by Gasteiger charge is -2.29. The van der Waals surface area contributed by atoms with Crippen molar-refractivity contribution in [3.63, 3.8) is 0 Å². The first kappa shape index (κ1) is 21.7. The van der Waals surface area contributed by atoms with Gasteiger partial charge in [-0.1, -0.05) is 15.9 Å². The summed E-state index contributed by atoms with van der Waals surface area (Å²) in [5.41, 5.74) is 0.283. The number of methoxy groups -OCH3 is 1. The number of piperidine rings is 1. The molecule has 4 rings (SSSR count). The Morgan fingerprint density at radius 3 is 2.48 bits per heavy atom. The van der Waals surface area contributed by atoms with Gasteiger partial charge in [0.1, 0.15) is 17.8 Å². The molecule has 3 aromatic rings. The van der Waals surface area contributed by atoms with Crippen molar-refractivity contribution in [2.24, 2.45) is 5.92 Å². The topological polar surface area (TPSA) is 68.3 Å². The van der Waals surface area contributed by atoms with Crippen LogP contribution in [0.15, 0.2) is 35.1 Å². The van der Waals surface area contributed by atoms with Gasteiger partial charge in [0.05, 0.1) is 18.7 Å². The first-order valence-electron chi connectivity index (χ1n) is 10.1. The molecule has 1 aliphatic rings. The van der Waals surface area contributed by atoms with E-state index in [4.69, 9.17) is 9.47 Å². The van der Waals surface area contributed by atoms with E-state index in [0.717, 1.165) is 25.9 Å². The second-order valence-electron chi connectivity index (χ2n) is 7.52. The molecule has 0 aliphatic carbocycles. The van der Waals surface area contributed by atoms with Gasteiger partial charge in [-0.05, 0) is 57.0 Å². The third kappa shape index (κ3) is 4.72. The van der Waals surface area contributed by atoms with Crippen LogP contribution in [0.2, 0.25) is 0 Å². The van der Waals surface area contributed by atoms with Gasteiger partial charge in [-0.3, -0.25) is 0 Å². The minimum atomic E-state index is -0.735. The van der Waals surface area contributed by atoms with Gasteiger partial charge in [-0.15, -0.1) is 0 Å². The summed E-state index contributed by atoms with van der Waals surface area (Å²) in [6, 6.07) is 5.86. The number of nitrogens with one attached hydrogen (secondary N) is 2. The number of hydrogen-bond acceptors (Lipinski definition) is 6. The molecule has 1 aromatic heterocycles. The fourth-order valence-corrected chi connectivity index (χ4v) is 4.21. The highest BCUT2D eigenvalue weighted by Crippen LogP contribution is 2.37. The minimum Gasteiger partial charge on any atom is -0.493 e. The Balaban J connectivity index is 1.67. The third-order valence-electron chi connectivity index (χ3n) is 5.53. The van der Waals surface area contributed by atoms with Crippen molar-refractivity contribution in [3.8, 4) is 11.5 Å². The van der Waals surface area contributed by atoms with Crippen molar-refractivity contribution in [2.75, 3.05) is 25.5 Å². The van der Waals surface area contributed by atoms with Crippen molar-refractivity contribution in [3.05, 3.63) is 46.7 Å². The van der Waals surface area contributed by atoms with Gasteiger partial charge < -0.3 is 20.1 Å². The lowest BCUT2D eigenvalue weighted by molar-refractivity contribution is 0.124. The number of aromatic nitrogens is 2. The lowest BCUT2D eigenvalue weighted by atomic mass is 9.93. The van der Waals surface area contributed by atoms with Gasteiger partial charge in [-0.25, -0.2) is 18.7 Å². The SMILES string of the molecule is COc1cc2c(Nc3c(F)cc(Br)cc3F)ncnc2cc1OC(C)C1CCNCC1. The van der Waals surface area contributed by atoms with E-state index in [1.807, 2.05) is 0 Å². The molecule has 0 spiro atoms. The van der Waals surface area contributed by atoms with E-state index in [-0.39, 0.29) is 17.6 Å². The van der Waals surface area contributed by atoms with Crippen LogP contribution in [0.3, 0.4) is 0 Å². The average molecular weight is 493 g/mol. The van der Waals surface area contributed by atoms with Crippen molar-refractivity contribution < 1.29 is 18.3 Å². The van der Waals surface area contributed by atoms with Crippen molar-refractivity contribution >= 4 is 38.3 Å². The Kier molecular flexibility index (Phi) is 6.52. The monoisotopic (exact) mass is 492 g/mol. The zero-order valence-electron chi connectivity index (χ0n) is 17.2. The Bertz CT molecular complexity index is 1070. The summed E-state index contributed by atoms with van der Waals surface area (Å²) >= 11 is 3.08. The number of fused-ring (bicyclic) bond motifs is 1. The summed E-state index contributed by atoms with van der Waals surface area (Å²) in [5.74, 6) is 0.325. The maximum atomic E-state index is 14.3. The van der Waals surface area contributed by atoms with E-state index in [9.17, 15) is 8.78 Å². The number of anilines is 2. The predicted molar refractivity (Wildman–Crippen MR) is 119 cm³/mol. The summed E-state index contributed by atoms with van der Waals surface area (Å²) in [6.45, 7) is 4.03. The lowest BCUT2D eigenvalue weighted by Crippen LogP contribution is -2.35. The maximum Gasteiger partial charge on any atom is 0.163 e. The second kappa shape index (κ2) is 9.32. The molecule has 0 radical (unpaired) electrons. The molecule has 0 amide bonds. The van der Waals surface area contributed by atoms with Crippen LogP contribution in [0, 0.1) is 17.6 Å². The second-order valence-corrected chi connectivity index (χ2v) is 8.44. The van der Waals surface area contributed by atoms with E-state index in [2.05, 4.69) is 43.5 Å². The molecule has 1 unspecified atom stereocenters. The molecule has 31 heavy (non-hydrogen) atoms. The van der Waals surface area contributed by atoms with E-state index in [1.165, 1.54) is 18.5 Å². The number of nitrogens with zero attached hydrogens (tertiary/aromatic N) is 2. The summed E-state index contributed by atoms with van der Waals surface area (Å²) < 4.78 is 40.7. The number of ether oxygens (including phenoxy) is 2. The van der Waals surface area contributed by atoms with Crippen LogP contribution in [-0.2, 0) is 0 Å². The largest absolute Gasteiger partial charge is 0.493 e. The molecule has 2 aromatic carbocycles. The van der Waals surface area contributed by atoms with Crippen molar-refractivity contribution in [1.82, 2.24) is 15.3 Å².